The molecule has 1 heterocycles. The monoisotopic (exact) mass is 381 g/mol. The number of halogens is 1. The number of aliphatic hydroxyl groups excluding tert-OH is 1. The average molecular weight is 382 g/mol. The van der Waals surface area contributed by atoms with Crippen molar-refractivity contribution in [2.24, 2.45) is 0 Å². The Morgan fingerprint density at radius 2 is 1.92 bits per heavy atom. The molecule has 0 radical (unpaired) electrons. The summed E-state index contributed by atoms with van der Waals surface area (Å²) in [6.45, 7) is 8.00. The summed E-state index contributed by atoms with van der Waals surface area (Å²) in [5, 5.41) is 12.3. The zero-order chi connectivity index (χ0) is 18.6. The summed E-state index contributed by atoms with van der Waals surface area (Å²) in [5.74, 6) is -0.693. The molecular weight excluding hydrogens is 354 g/mol. The fourth-order valence-corrected chi connectivity index (χ4v) is 3.09. The van der Waals surface area contributed by atoms with Gasteiger partial charge in [-0.05, 0) is 38.3 Å². The first-order valence-electron chi connectivity index (χ1n) is 8.84. The highest BCUT2D eigenvalue weighted by Gasteiger charge is 2.42. The maximum atomic E-state index is 12.4. The van der Waals surface area contributed by atoms with E-state index in [4.69, 9.17) is 4.74 Å². The normalized spacial score (nSPS) is 21.8. The Kier molecular flexibility index (Phi) is 8.00. The van der Waals surface area contributed by atoms with Crippen molar-refractivity contribution in [3.05, 3.63) is 47.0 Å². The van der Waals surface area contributed by atoms with E-state index in [1.807, 2.05) is 56.4 Å². The molecule has 0 bridgehead atoms. The van der Waals surface area contributed by atoms with Crippen LogP contribution >= 0.6 is 0 Å². The highest BCUT2D eigenvalue weighted by atomic mass is 35.5. The van der Waals surface area contributed by atoms with Gasteiger partial charge in [-0.2, -0.15) is 0 Å². The molecule has 5 nitrogen and oxygen atoms in total. The van der Waals surface area contributed by atoms with Crippen LogP contribution in [0.3, 0.4) is 0 Å². The van der Waals surface area contributed by atoms with Crippen molar-refractivity contribution >= 4 is 11.8 Å². The average Bonchev–Trinajstić information content (AvgIpc) is 2.84. The van der Waals surface area contributed by atoms with Crippen LogP contribution in [0.5, 0.6) is 0 Å². The van der Waals surface area contributed by atoms with Crippen molar-refractivity contribution < 1.29 is 37.2 Å². The molecule has 1 aliphatic rings. The highest BCUT2D eigenvalue weighted by Crippen LogP contribution is 2.35. The number of benzene rings is 1. The fraction of sp³-hybridized carbons (Fsp3) is 0.500. The van der Waals surface area contributed by atoms with Crippen LogP contribution in [-0.2, 0) is 14.3 Å². The number of ether oxygens (including phenoxy) is 1. The molecule has 1 aromatic carbocycles. The predicted octanol–water partition coefficient (Wildman–Crippen LogP) is -1.32. The largest absolute Gasteiger partial charge is 1.00 e. The first-order valence-corrected chi connectivity index (χ1v) is 8.84. The van der Waals surface area contributed by atoms with Crippen LogP contribution in [0.25, 0.3) is 0 Å². The summed E-state index contributed by atoms with van der Waals surface area (Å²) in [5.41, 5.74) is 1.12. The molecule has 3 unspecified atom stereocenters. The summed E-state index contributed by atoms with van der Waals surface area (Å²) in [6.07, 6.45) is 0.290. The third kappa shape index (κ3) is 4.72. The summed E-state index contributed by atoms with van der Waals surface area (Å²) in [7, 11) is 0. The van der Waals surface area contributed by atoms with E-state index in [1.165, 1.54) is 0 Å². The fourth-order valence-electron chi connectivity index (χ4n) is 3.09. The van der Waals surface area contributed by atoms with Crippen molar-refractivity contribution in [2.75, 3.05) is 6.54 Å². The lowest BCUT2D eigenvalue weighted by Gasteiger charge is -2.22. The Hall–Kier alpha value is -1.69. The van der Waals surface area contributed by atoms with E-state index >= 15 is 0 Å². The van der Waals surface area contributed by atoms with Gasteiger partial charge in [-0.1, -0.05) is 37.3 Å². The molecular formula is C20H28ClNO4. The number of carbonyl (C=O) groups is 2. The van der Waals surface area contributed by atoms with E-state index in [-0.39, 0.29) is 36.2 Å². The predicted molar refractivity (Wildman–Crippen MR) is 94.8 cm³/mol. The van der Waals surface area contributed by atoms with Gasteiger partial charge in [0.15, 0.2) is 5.78 Å². The molecule has 0 saturated heterocycles. The minimum atomic E-state index is -0.664. The maximum absolute atomic E-state index is 12.4. The van der Waals surface area contributed by atoms with E-state index in [1.54, 1.807) is 6.92 Å². The SMILES string of the molecule is CCC1(C)OC(=O)C(C(=O)CC[NH2+]C(C)C(O)c2ccccc2)=C1C.[Cl-]. The molecule has 1 aliphatic heterocycles. The summed E-state index contributed by atoms with van der Waals surface area (Å²) < 4.78 is 5.38. The maximum Gasteiger partial charge on any atom is 0.342 e. The van der Waals surface area contributed by atoms with Gasteiger partial charge in [0.25, 0.3) is 0 Å². The number of nitrogens with two attached hydrogens (primary N) is 1. The zero-order valence-electron chi connectivity index (χ0n) is 15.8. The van der Waals surface area contributed by atoms with E-state index in [9.17, 15) is 14.7 Å². The molecule has 0 aliphatic carbocycles. The topological polar surface area (TPSA) is 80.2 Å². The molecule has 0 fully saturated rings. The molecule has 3 atom stereocenters. The van der Waals surface area contributed by atoms with Crippen LogP contribution in [0, 0.1) is 0 Å². The summed E-state index contributed by atoms with van der Waals surface area (Å²) >= 11 is 0. The molecule has 0 saturated carbocycles. The molecule has 3 N–H and O–H groups in total. The summed E-state index contributed by atoms with van der Waals surface area (Å²) in [4.78, 5) is 24.5. The lowest BCUT2D eigenvalue weighted by atomic mass is 9.91. The van der Waals surface area contributed by atoms with Crippen molar-refractivity contribution in [2.45, 2.75) is 58.3 Å². The number of quaternary nitrogens is 1. The summed E-state index contributed by atoms with van der Waals surface area (Å²) in [6, 6.07) is 9.37. The van der Waals surface area contributed by atoms with Crippen molar-refractivity contribution in [1.82, 2.24) is 0 Å². The van der Waals surface area contributed by atoms with Crippen molar-refractivity contribution in [1.29, 1.82) is 0 Å². The Balaban J connectivity index is 0.00000338. The molecule has 0 spiro atoms. The number of hydrogen-bond acceptors (Lipinski definition) is 4. The number of hydrogen-bond donors (Lipinski definition) is 2. The number of carbonyl (C=O) groups excluding carboxylic acids is 2. The van der Waals surface area contributed by atoms with Gasteiger partial charge in [0.1, 0.15) is 23.3 Å². The van der Waals surface area contributed by atoms with Crippen LogP contribution < -0.4 is 17.7 Å². The molecule has 6 heteroatoms. The van der Waals surface area contributed by atoms with Crippen LogP contribution in [-0.4, -0.2) is 35.0 Å². The number of aliphatic hydroxyl groups is 1. The van der Waals surface area contributed by atoms with Crippen LogP contribution in [0.2, 0.25) is 0 Å². The van der Waals surface area contributed by atoms with Gasteiger partial charge in [0.2, 0.25) is 0 Å². The first kappa shape index (κ1) is 22.4. The highest BCUT2D eigenvalue weighted by molar-refractivity contribution is 6.19. The van der Waals surface area contributed by atoms with Crippen molar-refractivity contribution in [3.63, 3.8) is 0 Å². The molecule has 26 heavy (non-hydrogen) atoms. The number of esters is 1. The third-order valence-electron chi connectivity index (χ3n) is 5.19. The van der Waals surface area contributed by atoms with E-state index in [0.29, 0.717) is 13.0 Å². The molecule has 0 aromatic heterocycles. The Bertz CT molecular complexity index is 674. The second-order valence-electron chi connectivity index (χ2n) is 6.89. The number of Topliss-reactive ketones (excluding diaryl/α,β-unsaturated/α-hetero) is 1. The van der Waals surface area contributed by atoms with Crippen LogP contribution in [0.4, 0.5) is 0 Å². The Morgan fingerprint density at radius 3 is 2.46 bits per heavy atom. The first-order chi connectivity index (χ1) is 11.8. The van der Waals surface area contributed by atoms with Gasteiger partial charge in [0.05, 0.1) is 13.0 Å². The number of ketones is 1. The van der Waals surface area contributed by atoms with Crippen LogP contribution in [0.15, 0.2) is 41.5 Å². The van der Waals surface area contributed by atoms with Crippen molar-refractivity contribution in [3.8, 4) is 0 Å². The van der Waals surface area contributed by atoms with Gasteiger partial charge in [0, 0.05) is 0 Å². The van der Waals surface area contributed by atoms with Gasteiger partial charge in [-0.25, -0.2) is 4.79 Å². The van der Waals surface area contributed by atoms with E-state index in [0.717, 1.165) is 11.1 Å². The minimum absolute atomic E-state index is 0. The van der Waals surface area contributed by atoms with Crippen LogP contribution in [0.1, 0.15) is 52.2 Å². The van der Waals surface area contributed by atoms with Gasteiger partial charge < -0.3 is 27.6 Å². The van der Waals surface area contributed by atoms with E-state index < -0.39 is 17.7 Å². The quantitative estimate of drug-likeness (QED) is 0.432. The zero-order valence-corrected chi connectivity index (χ0v) is 16.5. The Morgan fingerprint density at radius 1 is 1.31 bits per heavy atom. The number of cyclic esters (lactones) is 1. The second-order valence-corrected chi connectivity index (χ2v) is 6.89. The number of rotatable bonds is 8. The molecule has 2 rings (SSSR count). The minimum Gasteiger partial charge on any atom is -1.00 e. The Labute approximate surface area is 161 Å². The second kappa shape index (κ2) is 9.31. The lowest BCUT2D eigenvalue weighted by molar-refractivity contribution is -0.693. The van der Waals surface area contributed by atoms with Gasteiger partial charge in [-0.15, -0.1) is 0 Å². The van der Waals surface area contributed by atoms with E-state index in [2.05, 4.69) is 0 Å². The molecule has 0 amide bonds. The lowest BCUT2D eigenvalue weighted by Crippen LogP contribution is -3.00. The standard InChI is InChI=1S/C20H27NO4.ClH/c1-5-20(4)13(2)17(19(24)25-20)16(22)11-12-21-14(3)18(23)15-9-7-6-8-10-15;/h6-10,14,18,21,23H,5,11-12H2,1-4H3;1H. The van der Waals surface area contributed by atoms with Gasteiger partial charge in [-0.3, -0.25) is 4.79 Å². The third-order valence-corrected chi connectivity index (χ3v) is 5.19. The molecule has 144 valence electrons. The molecule has 1 aromatic rings. The smallest absolute Gasteiger partial charge is 0.342 e. The van der Waals surface area contributed by atoms with Gasteiger partial charge >= 0.3 is 5.97 Å².